The lowest BCUT2D eigenvalue weighted by molar-refractivity contribution is 0.495. The highest BCUT2D eigenvalue weighted by atomic mass is 32.2. The van der Waals surface area contributed by atoms with Crippen LogP contribution in [0, 0.1) is 0 Å². The smallest absolute Gasteiger partial charge is 0.201 e. The highest BCUT2D eigenvalue weighted by Gasteiger charge is 2.01. The van der Waals surface area contributed by atoms with Gasteiger partial charge < -0.3 is 4.74 Å². The molecule has 2 nitrogen and oxygen atoms in total. The molecule has 0 aliphatic heterocycles. The van der Waals surface area contributed by atoms with Crippen LogP contribution in [0.5, 0.6) is 10.8 Å². The van der Waals surface area contributed by atoms with E-state index in [0.717, 1.165) is 15.2 Å². The average Bonchev–Trinajstić information content (AvgIpc) is 2.67. The summed E-state index contributed by atoms with van der Waals surface area (Å²) in [6.07, 6.45) is 3.76. The lowest BCUT2D eigenvalue weighted by atomic mass is 10.3. The molecule has 0 N–H and O–H groups in total. The van der Waals surface area contributed by atoms with Crippen LogP contribution in [0.15, 0.2) is 40.9 Å². The summed E-state index contributed by atoms with van der Waals surface area (Å²) in [5, 5.41) is 0.834. The highest BCUT2D eigenvalue weighted by molar-refractivity contribution is 8.00. The van der Waals surface area contributed by atoms with Gasteiger partial charge >= 0.3 is 0 Å². The second-order valence-corrected chi connectivity index (χ2v) is 4.61. The zero-order valence-electron chi connectivity index (χ0n) is 7.64. The SMILES string of the molecule is CSc1ncc(Oc2ccccc2)s1. The van der Waals surface area contributed by atoms with Crippen LogP contribution < -0.4 is 4.74 Å². The molecule has 0 fully saturated rings. The molecule has 0 aliphatic rings. The Kier molecular flexibility index (Phi) is 3.06. The normalized spacial score (nSPS) is 10.1. The molecule has 1 aromatic heterocycles. The van der Waals surface area contributed by atoms with Gasteiger partial charge in [0.25, 0.3) is 0 Å². The summed E-state index contributed by atoms with van der Waals surface area (Å²) >= 11 is 3.18. The number of ether oxygens (including phenoxy) is 1. The molecule has 4 heteroatoms. The molecular weight excluding hydrogens is 214 g/mol. The Labute approximate surface area is 91.0 Å². The largest absolute Gasteiger partial charge is 0.445 e. The predicted molar refractivity (Wildman–Crippen MR) is 60.4 cm³/mol. The molecule has 0 saturated carbocycles. The molecule has 2 rings (SSSR count). The molecule has 2 aromatic rings. The first kappa shape index (κ1) is 9.55. The third-order valence-electron chi connectivity index (χ3n) is 1.60. The van der Waals surface area contributed by atoms with Crippen molar-refractivity contribution in [3.63, 3.8) is 0 Å². The van der Waals surface area contributed by atoms with Crippen molar-refractivity contribution in [2.45, 2.75) is 4.34 Å². The molecule has 0 spiro atoms. The van der Waals surface area contributed by atoms with Crippen LogP contribution in [0.25, 0.3) is 0 Å². The van der Waals surface area contributed by atoms with E-state index in [1.165, 1.54) is 0 Å². The molecule has 0 aliphatic carbocycles. The average molecular weight is 223 g/mol. The molecule has 0 saturated heterocycles. The number of thioether (sulfide) groups is 1. The first-order chi connectivity index (χ1) is 6.88. The first-order valence-corrected chi connectivity index (χ1v) is 6.15. The third-order valence-corrected chi connectivity index (χ3v) is 3.47. The fourth-order valence-electron chi connectivity index (χ4n) is 0.990. The maximum Gasteiger partial charge on any atom is 0.201 e. The number of hydrogen-bond donors (Lipinski definition) is 0. The van der Waals surface area contributed by atoms with E-state index >= 15 is 0 Å². The molecule has 1 heterocycles. The van der Waals surface area contributed by atoms with Gasteiger partial charge in [0.2, 0.25) is 5.06 Å². The third kappa shape index (κ3) is 2.27. The zero-order chi connectivity index (χ0) is 9.80. The summed E-state index contributed by atoms with van der Waals surface area (Å²) in [6, 6.07) is 9.72. The van der Waals surface area contributed by atoms with Gasteiger partial charge in [-0.2, -0.15) is 0 Å². The second kappa shape index (κ2) is 4.48. The predicted octanol–water partition coefficient (Wildman–Crippen LogP) is 3.66. The van der Waals surface area contributed by atoms with Crippen LogP contribution in [0.1, 0.15) is 0 Å². The molecule has 0 bridgehead atoms. The second-order valence-electron chi connectivity index (χ2n) is 2.56. The van der Waals surface area contributed by atoms with Crippen LogP contribution in [0.3, 0.4) is 0 Å². The quantitative estimate of drug-likeness (QED) is 0.741. The number of rotatable bonds is 3. The molecular formula is C10H9NOS2. The molecule has 0 amide bonds. The van der Waals surface area contributed by atoms with Gasteiger partial charge in [0, 0.05) is 0 Å². The van der Waals surface area contributed by atoms with Crippen LogP contribution in [0.2, 0.25) is 0 Å². The summed E-state index contributed by atoms with van der Waals surface area (Å²) in [5.41, 5.74) is 0. The van der Waals surface area contributed by atoms with Crippen LogP contribution in [0.4, 0.5) is 0 Å². The number of thiazole rings is 1. The van der Waals surface area contributed by atoms with Crippen molar-refractivity contribution in [1.29, 1.82) is 0 Å². The summed E-state index contributed by atoms with van der Waals surface area (Å²) in [6.45, 7) is 0. The number of hydrogen-bond acceptors (Lipinski definition) is 4. The van der Waals surface area contributed by atoms with Gasteiger partial charge in [0.15, 0.2) is 4.34 Å². The number of benzene rings is 1. The fraction of sp³-hybridized carbons (Fsp3) is 0.100. The van der Waals surface area contributed by atoms with Gasteiger partial charge in [0.1, 0.15) is 5.75 Å². The van der Waals surface area contributed by atoms with Crippen molar-refractivity contribution in [1.82, 2.24) is 4.98 Å². The maximum atomic E-state index is 5.60. The van der Waals surface area contributed by atoms with Crippen molar-refractivity contribution < 1.29 is 4.74 Å². The minimum atomic E-state index is 0.834. The number of nitrogens with zero attached hydrogens (tertiary/aromatic N) is 1. The first-order valence-electron chi connectivity index (χ1n) is 4.11. The van der Waals surface area contributed by atoms with Crippen molar-refractivity contribution in [3.05, 3.63) is 36.5 Å². The van der Waals surface area contributed by atoms with E-state index in [0.29, 0.717) is 0 Å². The van der Waals surface area contributed by atoms with Crippen molar-refractivity contribution in [2.24, 2.45) is 0 Å². The molecule has 72 valence electrons. The molecule has 1 aromatic carbocycles. The van der Waals surface area contributed by atoms with Gasteiger partial charge in [-0.05, 0) is 18.4 Å². The van der Waals surface area contributed by atoms with Crippen molar-refractivity contribution >= 4 is 23.1 Å². The molecule has 14 heavy (non-hydrogen) atoms. The van der Waals surface area contributed by atoms with E-state index < -0.39 is 0 Å². The van der Waals surface area contributed by atoms with Gasteiger partial charge in [-0.25, -0.2) is 4.98 Å². The Morgan fingerprint density at radius 1 is 1.29 bits per heavy atom. The Morgan fingerprint density at radius 2 is 2.07 bits per heavy atom. The maximum absolute atomic E-state index is 5.60. The molecule has 0 unspecified atom stereocenters. The van der Waals surface area contributed by atoms with Gasteiger partial charge in [-0.1, -0.05) is 41.3 Å². The van der Waals surface area contributed by atoms with Crippen LogP contribution in [-0.2, 0) is 0 Å². The molecule has 0 radical (unpaired) electrons. The van der Waals surface area contributed by atoms with Gasteiger partial charge in [0.05, 0.1) is 6.20 Å². The lowest BCUT2D eigenvalue weighted by Crippen LogP contribution is -1.78. The Balaban J connectivity index is 2.11. The standard InChI is InChI=1S/C10H9NOS2/c1-13-10-11-7-9(14-10)12-8-5-3-2-4-6-8/h2-7H,1H3. The number of para-hydroxylation sites is 1. The van der Waals surface area contributed by atoms with E-state index in [4.69, 9.17) is 4.74 Å². The van der Waals surface area contributed by atoms with Crippen molar-refractivity contribution in [2.75, 3.05) is 6.26 Å². The molecule has 0 atom stereocenters. The lowest BCUT2D eigenvalue weighted by Gasteiger charge is -1.99. The van der Waals surface area contributed by atoms with E-state index in [1.807, 2.05) is 36.6 Å². The van der Waals surface area contributed by atoms with Gasteiger partial charge in [-0.15, -0.1) is 0 Å². The number of aromatic nitrogens is 1. The highest BCUT2D eigenvalue weighted by Crippen LogP contribution is 2.31. The van der Waals surface area contributed by atoms with E-state index in [2.05, 4.69) is 4.98 Å². The summed E-state index contributed by atoms with van der Waals surface area (Å²) in [5.74, 6) is 0.851. The van der Waals surface area contributed by atoms with E-state index in [-0.39, 0.29) is 0 Å². The topological polar surface area (TPSA) is 22.1 Å². The van der Waals surface area contributed by atoms with Crippen LogP contribution in [-0.4, -0.2) is 11.2 Å². The Hall–Kier alpha value is -1.00. The summed E-state index contributed by atoms with van der Waals surface area (Å²) < 4.78 is 6.63. The minimum absolute atomic E-state index is 0.834. The van der Waals surface area contributed by atoms with Crippen LogP contribution >= 0.6 is 23.1 Å². The zero-order valence-corrected chi connectivity index (χ0v) is 9.27. The minimum Gasteiger partial charge on any atom is -0.445 e. The Bertz CT molecular complexity index is 400. The van der Waals surface area contributed by atoms with E-state index in [1.54, 1.807) is 29.3 Å². The van der Waals surface area contributed by atoms with Crippen molar-refractivity contribution in [3.8, 4) is 10.8 Å². The van der Waals surface area contributed by atoms with E-state index in [9.17, 15) is 0 Å². The van der Waals surface area contributed by atoms with Gasteiger partial charge in [-0.3, -0.25) is 0 Å². The fourth-order valence-corrected chi connectivity index (χ4v) is 2.25. The Morgan fingerprint density at radius 3 is 2.71 bits per heavy atom. The summed E-state index contributed by atoms with van der Waals surface area (Å²) in [7, 11) is 0. The monoisotopic (exact) mass is 223 g/mol. The summed E-state index contributed by atoms with van der Waals surface area (Å²) in [4.78, 5) is 4.19.